The minimum Gasteiger partial charge on any atom is -0.490 e. The molecule has 0 bridgehead atoms. The van der Waals surface area contributed by atoms with Gasteiger partial charge >= 0.3 is 5.97 Å². The van der Waals surface area contributed by atoms with Crippen LogP contribution in [-0.2, 0) is 4.79 Å². The molecule has 0 aromatic heterocycles. The van der Waals surface area contributed by atoms with Crippen molar-refractivity contribution < 1.29 is 24.2 Å². The molecule has 110 valence electrons. The molecule has 0 saturated carbocycles. The van der Waals surface area contributed by atoms with Crippen molar-refractivity contribution >= 4 is 11.9 Å². The fourth-order valence-electron chi connectivity index (χ4n) is 1.56. The Balaban J connectivity index is 2.84. The smallest absolute Gasteiger partial charge is 0.339 e. The highest BCUT2D eigenvalue weighted by Gasteiger charge is 2.17. The molecule has 0 atom stereocenters. The molecule has 0 aliphatic heterocycles. The molecular formula is C14H19NO5. The van der Waals surface area contributed by atoms with E-state index < -0.39 is 5.97 Å². The van der Waals surface area contributed by atoms with Gasteiger partial charge in [0, 0.05) is 6.54 Å². The summed E-state index contributed by atoms with van der Waals surface area (Å²) >= 11 is 0. The Morgan fingerprint density at radius 1 is 1.25 bits per heavy atom. The van der Waals surface area contributed by atoms with Crippen LogP contribution in [0.5, 0.6) is 11.5 Å². The van der Waals surface area contributed by atoms with Gasteiger partial charge in [-0.25, -0.2) is 4.79 Å². The van der Waals surface area contributed by atoms with E-state index in [0.29, 0.717) is 18.9 Å². The van der Waals surface area contributed by atoms with Gasteiger partial charge in [-0.3, -0.25) is 4.79 Å². The third-order valence-electron chi connectivity index (χ3n) is 2.43. The van der Waals surface area contributed by atoms with E-state index in [4.69, 9.17) is 14.6 Å². The van der Waals surface area contributed by atoms with Crippen LogP contribution in [0.3, 0.4) is 0 Å². The van der Waals surface area contributed by atoms with E-state index in [9.17, 15) is 9.59 Å². The Kier molecular flexibility index (Phi) is 6.36. The minimum atomic E-state index is -1.13. The van der Waals surface area contributed by atoms with E-state index in [1.54, 1.807) is 19.1 Å². The fraction of sp³-hybridized carbons (Fsp3) is 0.429. The fourth-order valence-corrected chi connectivity index (χ4v) is 1.56. The summed E-state index contributed by atoms with van der Waals surface area (Å²) in [6.07, 6.45) is 0.821. The highest BCUT2D eigenvalue weighted by Crippen LogP contribution is 2.31. The molecule has 1 aromatic carbocycles. The number of hydrogen-bond acceptors (Lipinski definition) is 4. The Morgan fingerprint density at radius 3 is 2.60 bits per heavy atom. The van der Waals surface area contributed by atoms with Gasteiger partial charge < -0.3 is 19.9 Å². The van der Waals surface area contributed by atoms with Crippen LogP contribution in [-0.4, -0.2) is 36.7 Å². The summed E-state index contributed by atoms with van der Waals surface area (Å²) in [5, 5.41) is 11.8. The predicted molar refractivity (Wildman–Crippen MR) is 73.4 cm³/mol. The number of carbonyl (C=O) groups is 2. The van der Waals surface area contributed by atoms with E-state index in [1.807, 2.05) is 6.92 Å². The molecule has 1 aromatic rings. The van der Waals surface area contributed by atoms with Gasteiger partial charge in [0.25, 0.3) is 5.91 Å². The average Bonchev–Trinajstić information content (AvgIpc) is 2.43. The summed E-state index contributed by atoms with van der Waals surface area (Å²) in [6.45, 7) is 4.41. The molecule has 0 radical (unpaired) electrons. The van der Waals surface area contributed by atoms with Crippen LogP contribution in [0, 0.1) is 0 Å². The molecule has 6 nitrogen and oxygen atoms in total. The van der Waals surface area contributed by atoms with E-state index in [2.05, 4.69) is 5.32 Å². The summed E-state index contributed by atoms with van der Waals surface area (Å²) < 4.78 is 10.6. The van der Waals surface area contributed by atoms with Crippen molar-refractivity contribution in [1.29, 1.82) is 0 Å². The number of ether oxygens (including phenoxy) is 2. The van der Waals surface area contributed by atoms with Gasteiger partial charge in [0.1, 0.15) is 5.56 Å². The van der Waals surface area contributed by atoms with Crippen LogP contribution >= 0.6 is 0 Å². The number of carboxylic acid groups (broad SMARTS) is 1. The molecule has 1 rings (SSSR count). The SMILES string of the molecule is CCCNC(=O)COc1c(OCC)cccc1C(=O)O. The number of hydrogen-bond donors (Lipinski definition) is 2. The van der Waals surface area contributed by atoms with Crippen molar-refractivity contribution in [2.45, 2.75) is 20.3 Å². The minimum absolute atomic E-state index is 0.0285. The Bertz CT molecular complexity index is 473. The van der Waals surface area contributed by atoms with Crippen molar-refractivity contribution in [2.24, 2.45) is 0 Å². The molecule has 0 unspecified atom stereocenters. The zero-order chi connectivity index (χ0) is 15.0. The lowest BCUT2D eigenvalue weighted by atomic mass is 10.2. The second-order valence-electron chi connectivity index (χ2n) is 4.01. The lowest BCUT2D eigenvalue weighted by Crippen LogP contribution is -2.29. The maximum atomic E-state index is 11.5. The van der Waals surface area contributed by atoms with E-state index in [0.717, 1.165) is 6.42 Å². The van der Waals surface area contributed by atoms with E-state index >= 15 is 0 Å². The summed E-state index contributed by atoms with van der Waals surface area (Å²) in [7, 11) is 0. The molecule has 0 aliphatic carbocycles. The maximum Gasteiger partial charge on any atom is 0.339 e. The molecular weight excluding hydrogens is 262 g/mol. The monoisotopic (exact) mass is 281 g/mol. The number of carboxylic acids is 1. The average molecular weight is 281 g/mol. The van der Waals surface area contributed by atoms with Gasteiger partial charge in [-0.15, -0.1) is 0 Å². The highest BCUT2D eigenvalue weighted by molar-refractivity contribution is 5.92. The van der Waals surface area contributed by atoms with Gasteiger partial charge in [0.05, 0.1) is 6.61 Å². The number of aromatic carboxylic acids is 1. The quantitative estimate of drug-likeness (QED) is 0.757. The van der Waals surface area contributed by atoms with Crippen molar-refractivity contribution in [3.05, 3.63) is 23.8 Å². The predicted octanol–water partition coefficient (Wildman–Crippen LogP) is 1.69. The zero-order valence-corrected chi connectivity index (χ0v) is 11.6. The Hall–Kier alpha value is -2.24. The van der Waals surface area contributed by atoms with Crippen molar-refractivity contribution in [2.75, 3.05) is 19.8 Å². The molecule has 0 heterocycles. The van der Waals surface area contributed by atoms with Crippen LogP contribution in [0.2, 0.25) is 0 Å². The number of nitrogens with one attached hydrogen (secondary N) is 1. The first kappa shape index (κ1) is 15.8. The summed E-state index contributed by atoms with van der Waals surface area (Å²) in [4.78, 5) is 22.7. The van der Waals surface area contributed by atoms with E-state index in [1.165, 1.54) is 6.07 Å². The molecule has 2 N–H and O–H groups in total. The van der Waals surface area contributed by atoms with Crippen molar-refractivity contribution in [3.63, 3.8) is 0 Å². The first-order valence-corrected chi connectivity index (χ1v) is 6.48. The van der Waals surface area contributed by atoms with Gasteiger partial charge in [-0.05, 0) is 25.5 Å². The molecule has 0 fully saturated rings. The highest BCUT2D eigenvalue weighted by atomic mass is 16.5. The molecule has 0 aliphatic rings. The first-order chi connectivity index (χ1) is 9.60. The molecule has 0 spiro atoms. The summed E-state index contributed by atoms with van der Waals surface area (Å²) in [5.41, 5.74) is -0.0285. The van der Waals surface area contributed by atoms with Gasteiger partial charge in [-0.2, -0.15) is 0 Å². The second kappa shape index (κ2) is 8.04. The van der Waals surface area contributed by atoms with Crippen LogP contribution in [0.1, 0.15) is 30.6 Å². The third kappa shape index (κ3) is 4.46. The second-order valence-corrected chi connectivity index (χ2v) is 4.01. The summed E-state index contributed by atoms with van der Waals surface area (Å²) in [6, 6.07) is 4.58. The molecule has 0 saturated heterocycles. The van der Waals surface area contributed by atoms with Crippen LogP contribution in [0.4, 0.5) is 0 Å². The lowest BCUT2D eigenvalue weighted by Gasteiger charge is -2.13. The van der Waals surface area contributed by atoms with Gasteiger partial charge in [0.15, 0.2) is 18.1 Å². The number of benzene rings is 1. The Labute approximate surface area is 117 Å². The van der Waals surface area contributed by atoms with E-state index in [-0.39, 0.29) is 23.8 Å². The van der Waals surface area contributed by atoms with Crippen LogP contribution in [0.15, 0.2) is 18.2 Å². The van der Waals surface area contributed by atoms with Crippen LogP contribution < -0.4 is 14.8 Å². The van der Waals surface area contributed by atoms with Crippen molar-refractivity contribution in [3.8, 4) is 11.5 Å². The van der Waals surface area contributed by atoms with Crippen molar-refractivity contribution in [1.82, 2.24) is 5.32 Å². The summed E-state index contributed by atoms with van der Waals surface area (Å²) in [5.74, 6) is -1.03. The topological polar surface area (TPSA) is 84.9 Å². The maximum absolute atomic E-state index is 11.5. The molecule has 1 amide bonds. The lowest BCUT2D eigenvalue weighted by molar-refractivity contribution is -0.123. The number of rotatable bonds is 8. The zero-order valence-electron chi connectivity index (χ0n) is 11.6. The first-order valence-electron chi connectivity index (χ1n) is 6.48. The third-order valence-corrected chi connectivity index (χ3v) is 2.43. The van der Waals surface area contributed by atoms with Crippen LogP contribution in [0.25, 0.3) is 0 Å². The normalized spacial score (nSPS) is 9.90. The number of para-hydroxylation sites is 1. The number of carbonyl (C=O) groups excluding carboxylic acids is 1. The molecule has 20 heavy (non-hydrogen) atoms. The molecule has 6 heteroatoms. The number of amides is 1. The van der Waals surface area contributed by atoms with Gasteiger partial charge in [-0.1, -0.05) is 13.0 Å². The van der Waals surface area contributed by atoms with Gasteiger partial charge in [0.2, 0.25) is 0 Å². The largest absolute Gasteiger partial charge is 0.490 e. The Morgan fingerprint density at radius 2 is 2.00 bits per heavy atom. The standard InChI is InChI=1S/C14H19NO5/c1-3-8-15-12(16)9-20-13-10(14(17)18)6-5-7-11(13)19-4-2/h5-7H,3-4,8-9H2,1-2H3,(H,15,16)(H,17,18).